The van der Waals surface area contributed by atoms with E-state index in [0.717, 1.165) is 28.7 Å². The van der Waals surface area contributed by atoms with Crippen LogP contribution in [-0.4, -0.2) is 5.78 Å². The van der Waals surface area contributed by atoms with Crippen LogP contribution < -0.4 is 9.47 Å². The lowest BCUT2D eigenvalue weighted by Gasteiger charge is -2.19. The van der Waals surface area contributed by atoms with Crippen molar-refractivity contribution < 1.29 is 23.0 Å². The lowest BCUT2D eigenvalue weighted by molar-refractivity contribution is -0.112. The van der Waals surface area contributed by atoms with Crippen molar-refractivity contribution in [3.8, 4) is 11.5 Å². The number of Topliss-reactive ketones (excluding diaryl/α,β-unsaturated/α-hetero) is 1. The van der Waals surface area contributed by atoms with Gasteiger partial charge < -0.3 is 9.47 Å². The minimum atomic E-state index is -0.470. The minimum absolute atomic E-state index is 0.119. The van der Waals surface area contributed by atoms with E-state index in [1.807, 2.05) is 86.6 Å². The number of benzene rings is 4. The number of halogens is 2. The highest BCUT2D eigenvalue weighted by Gasteiger charge is 2.23. The van der Waals surface area contributed by atoms with Gasteiger partial charge in [0.15, 0.2) is 28.9 Å². The second kappa shape index (κ2) is 12.8. The standard InChI is InChI=1S/C36H32F2O3/c1-24-16-30(35(32(37)18-24)40-22-26-10-5-3-6-11-26)20-28-14-9-15-29(34(28)39)21-31-17-25(2)19-33(38)36(31)41-23-27-12-7-4-8-13-27/h3-8,10-13,16-21H,9,14-15,22-23H2,1-2H3. The van der Waals surface area contributed by atoms with Crippen molar-refractivity contribution >= 4 is 17.9 Å². The molecule has 0 spiro atoms. The van der Waals surface area contributed by atoms with E-state index < -0.39 is 11.6 Å². The van der Waals surface area contributed by atoms with E-state index in [4.69, 9.17) is 9.47 Å². The molecule has 0 heterocycles. The number of carbonyl (C=O) groups excluding carboxylic acids is 1. The van der Waals surface area contributed by atoms with Crippen LogP contribution in [0.25, 0.3) is 12.2 Å². The van der Waals surface area contributed by atoms with E-state index in [0.29, 0.717) is 35.1 Å². The van der Waals surface area contributed by atoms with Gasteiger partial charge in [0.1, 0.15) is 13.2 Å². The van der Waals surface area contributed by atoms with Crippen LogP contribution in [-0.2, 0) is 18.0 Å². The first-order valence-corrected chi connectivity index (χ1v) is 13.8. The smallest absolute Gasteiger partial charge is 0.185 e. The SMILES string of the molecule is Cc1cc(F)c(OCc2ccccc2)c(C=C2CCCC(=Cc3cc(C)cc(F)c3OCc3ccccc3)C2=O)c1. The fraction of sp³-hybridized carbons (Fsp3) is 0.194. The number of carbonyl (C=O) groups is 1. The zero-order valence-corrected chi connectivity index (χ0v) is 23.3. The molecule has 4 aromatic rings. The Morgan fingerprint density at radius 2 is 1.07 bits per heavy atom. The molecule has 1 aliphatic rings. The van der Waals surface area contributed by atoms with Gasteiger partial charge in [0.05, 0.1) is 0 Å². The lowest BCUT2D eigenvalue weighted by Crippen LogP contribution is -2.13. The fourth-order valence-corrected chi connectivity index (χ4v) is 5.04. The van der Waals surface area contributed by atoms with Gasteiger partial charge in [-0.2, -0.15) is 0 Å². The van der Waals surface area contributed by atoms with Gasteiger partial charge in [0.25, 0.3) is 0 Å². The first kappa shape index (κ1) is 28.0. The summed E-state index contributed by atoms with van der Waals surface area (Å²) in [7, 11) is 0. The topological polar surface area (TPSA) is 35.5 Å². The average Bonchev–Trinajstić information content (AvgIpc) is 2.95. The molecule has 4 aromatic carbocycles. The van der Waals surface area contributed by atoms with Crippen LogP contribution in [0.3, 0.4) is 0 Å². The van der Waals surface area contributed by atoms with Gasteiger partial charge in [-0.25, -0.2) is 8.78 Å². The molecule has 0 N–H and O–H groups in total. The summed E-state index contributed by atoms with van der Waals surface area (Å²) >= 11 is 0. The van der Waals surface area contributed by atoms with Crippen LogP contribution in [0.2, 0.25) is 0 Å². The quantitative estimate of drug-likeness (QED) is 0.205. The molecule has 41 heavy (non-hydrogen) atoms. The van der Waals surface area contributed by atoms with E-state index in [1.165, 1.54) is 12.1 Å². The first-order valence-electron chi connectivity index (χ1n) is 13.8. The first-order chi connectivity index (χ1) is 19.9. The Morgan fingerprint density at radius 1 is 0.659 bits per heavy atom. The highest BCUT2D eigenvalue weighted by atomic mass is 19.1. The predicted octanol–water partition coefficient (Wildman–Crippen LogP) is 8.96. The van der Waals surface area contributed by atoms with Crippen LogP contribution in [0.5, 0.6) is 11.5 Å². The number of ether oxygens (including phenoxy) is 2. The van der Waals surface area contributed by atoms with Crippen molar-refractivity contribution in [3.63, 3.8) is 0 Å². The molecule has 5 rings (SSSR count). The second-order valence-electron chi connectivity index (χ2n) is 10.4. The zero-order valence-electron chi connectivity index (χ0n) is 23.3. The molecule has 0 unspecified atom stereocenters. The molecule has 0 aliphatic heterocycles. The van der Waals surface area contributed by atoms with Crippen molar-refractivity contribution in [2.45, 2.75) is 46.3 Å². The van der Waals surface area contributed by atoms with Crippen LogP contribution in [0.15, 0.2) is 96.1 Å². The van der Waals surface area contributed by atoms with E-state index in [-0.39, 0.29) is 30.5 Å². The molecule has 5 heteroatoms. The molecular weight excluding hydrogens is 518 g/mol. The van der Waals surface area contributed by atoms with Crippen LogP contribution in [0, 0.1) is 25.5 Å². The van der Waals surface area contributed by atoms with Gasteiger partial charge in [0.2, 0.25) is 0 Å². The molecule has 1 saturated carbocycles. The summed E-state index contributed by atoms with van der Waals surface area (Å²) < 4.78 is 41.9. The maximum atomic E-state index is 15.0. The minimum Gasteiger partial charge on any atom is -0.485 e. The molecule has 0 saturated heterocycles. The average molecular weight is 551 g/mol. The number of hydrogen-bond donors (Lipinski definition) is 0. The Morgan fingerprint density at radius 3 is 1.49 bits per heavy atom. The van der Waals surface area contributed by atoms with Gasteiger partial charge in [-0.05, 0) is 91.8 Å². The summed E-state index contributed by atoms with van der Waals surface area (Å²) in [6, 6.07) is 25.6. The Hall–Kier alpha value is -4.51. The largest absolute Gasteiger partial charge is 0.485 e. The van der Waals surface area contributed by atoms with E-state index in [1.54, 1.807) is 12.2 Å². The molecule has 1 fully saturated rings. The van der Waals surface area contributed by atoms with Crippen molar-refractivity contribution in [1.82, 2.24) is 0 Å². The van der Waals surface area contributed by atoms with Crippen molar-refractivity contribution in [1.29, 1.82) is 0 Å². The fourth-order valence-electron chi connectivity index (χ4n) is 5.04. The highest BCUT2D eigenvalue weighted by Crippen LogP contribution is 2.34. The third-order valence-electron chi connectivity index (χ3n) is 7.02. The van der Waals surface area contributed by atoms with E-state index >= 15 is 8.78 Å². The summed E-state index contributed by atoms with van der Waals surface area (Å²) in [6.07, 6.45) is 5.32. The number of hydrogen-bond acceptors (Lipinski definition) is 3. The van der Waals surface area contributed by atoms with Crippen LogP contribution in [0.1, 0.15) is 52.6 Å². The summed E-state index contributed by atoms with van der Waals surface area (Å²) in [5.74, 6) is -0.839. The Balaban J connectivity index is 1.44. The number of ketones is 1. The third kappa shape index (κ3) is 6.98. The van der Waals surface area contributed by atoms with Crippen molar-refractivity contribution in [3.05, 3.63) is 141 Å². The second-order valence-corrected chi connectivity index (χ2v) is 10.4. The molecule has 3 nitrogen and oxygen atoms in total. The Kier molecular flexibility index (Phi) is 8.73. The maximum Gasteiger partial charge on any atom is 0.185 e. The van der Waals surface area contributed by atoms with Gasteiger partial charge in [0, 0.05) is 22.3 Å². The van der Waals surface area contributed by atoms with Gasteiger partial charge in [-0.1, -0.05) is 60.7 Å². The highest BCUT2D eigenvalue weighted by molar-refractivity contribution is 6.14. The summed E-state index contributed by atoms with van der Waals surface area (Å²) in [4.78, 5) is 13.6. The van der Waals surface area contributed by atoms with Gasteiger partial charge in [-0.15, -0.1) is 0 Å². The molecule has 1 aliphatic carbocycles. The van der Waals surface area contributed by atoms with Crippen molar-refractivity contribution in [2.75, 3.05) is 0 Å². The summed E-state index contributed by atoms with van der Waals surface area (Å²) in [5.41, 5.74) is 5.48. The van der Waals surface area contributed by atoms with E-state index in [9.17, 15) is 4.79 Å². The van der Waals surface area contributed by atoms with E-state index in [2.05, 4.69) is 0 Å². The lowest BCUT2D eigenvalue weighted by atomic mass is 9.86. The van der Waals surface area contributed by atoms with Gasteiger partial charge >= 0.3 is 0 Å². The molecule has 0 aromatic heterocycles. The molecule has 208 valence electrons. The summed E-state index contributed by atoms with van der Waals surface area (Å²) in [5, 5.41) is 0. The maximum absolute atomic E-state index is 15.0. The third-order valence-corrected chi connectivity index (χ3v) is 7.02. The number of rotatable bonds is 8. The zero-order chi connectivity index (χ0) is 28.8. The predicted molar refractivity (Wildman–Crippen MR) is 159 cm³/mol. The summed E-state index contributed by atoms with van der Waals surface area (Å²) in [6.45, 7) is 4.04. The molecule has 0 amide bonds. The molecular formula is C36H32F2O3. The number of allylic oxidation sites excluding steroid dienone is 2. The van der Waals surface area contributed by atoms with Crippen LogP contribution in [0.4, 0.5) is 8.78 Å². The Bertz CT molecular complexity index is 1490. The number of aryl methyl sites for hydroxylation is 2. The monoisotopic (exact) mass is 550 g/mol. The van der Waals surface area contributed by atoms with Gasteiger partial charge in [-0.3, -0.25) is 4.79 Å². The van der Waals surface area contributed by atoms with Crippen molar-refractivity contribution in [2.24, 2.45) is 0 Å². The molecule has 0 bridgehead atoms. The normalized spacial score (nSPS) is 15.4. The molecule has 0 atom stereocenters. The molecule has 0 radical (unpaired) electrons. The van der Waals surface area contributed by atoms with Crippen LogP contribution >= 0.6 is 0 Å². The Labute approximate surface area is 239 Å².